The van der Waals surface area contributed by atoms with Gasteiger partial charge in [-0.1, -0.05) is 179 Å². The van der Waals surface area contributed by atoms with Gasteiger partial charge in [0.25, 0.3) is 0 Å². The van der Waals surface area contributed by atoms with E-state index in [9.17, 15) is 43.3 Å². The number of allylic oxidation sites excluding steroid dienone is 5. The van der Waals surface area contributed by atoms with Crippen molar-refractivity contribution in [1.29, 1.82) is 0 Å². The van der Waals surface area contributed by atoms with Crippen LogP contribution in [-0.2, 0) is 28.9 Å². The number of ether oxygens (including phenoxy) is 2. The molecule has 1 rings (SSSR count). The number of aliphatic hydroxyl groups excluding tert-OH is 5. The second-order valence-electron chi connectivity index (χ2n) is 16.5. The van der Waals surface area contributed by atoms with Crippen LogP contribution in [0.5, 0.6) is 0 Å². The van der Waals surface area contributed by atoms with Crippen molar-refractivity contribution < 1.29 is 57.0 Å². The average molecular weight is 876 g/mol. The van der Waals surface area contributed by atoms with E-state index in [1.54, 1.807) is 6.08 Å². The van der Waals surface area contributed by atoms with Crippen LogP contribution >= 0.6 is 0 Å². The molecule has 8 unspecified atom stereocenters. The van der Waals surface area contributed by atoms with Crippen molar-refractivity contribution in [2.45, 2.75) is 236 Å². The highest BCUT2D eigenvalue weighted by molar-refractivity contribution is 7.80. The van der Waals surface area contributed by atoms with Crippen LogP contribution in [0.4, 0.5) is 0 Å². The van der Waals surface area contributed by atoms with Gasteiger partial charge in [0, 0.05) is 0 Å². The number of carbonyl (C=O) groups excluding carboxylic acids is 1. The number of amides is 1. The number of aliphatic hydroxyl groups is 5. The predicted molar refractivity (Wildman–Crippen MR) is 238 cm³/mol. The largest absolute Gasteiger partial charge is 0.397 e. The van der Waals surface area contributed by atoms with Crippen LogP contribution < -0.4 is 5.32 Å². The number of carbonyl (C=O) groups is 1. The Morgan fingerprint density at radius 3 is 1.60 bits per heavy atom. The lowest BCUT2D eigenvalue weighted by Crippen LogP contribution is -2.61. The maximum absolute atomic E-state index is 13.1. The van der Waals surface area contributed by atoms with Gasteiger partial charge in [0.1, 0.15) is 30.5 Å². The molecule has 1 amide bonds. The smallest absolute Gasteiger partial charge is 0.394 e. The zero-order valence-electron chi connectivity index (χ0n) is 37.1. The van der Waals surface area contributed by atoms with Crippen molar-refractivity contribution in [3.05, 3.63) is 36.5 Å². The number of rotatable bonds is 39. The van der Waals surface area contributed by atoms with Crippen molar-refractivity contribution in [3.63, 3.8) is 0 Å². The lowest BCUT2D eigenvalue weighted by Gasteiger charge is -2.41. The first kappa shape index (κ1) is 56.3. The molecule has 14 heteroatoms. The molecule has 1 aliphatic heterocycles. The summed E-state index contributed by atoms with van der Waals surface area (Å²) in [6, 6.07) is -1.14. The third kappa shape index (κ3) is 28.8. The second kappa shape index (κ2) is 36.7. The van der Waals surface area contributed by atoms with Crippen LogP contribution in [0.15, 0.2) is 36.5 Å². The Morgan fingerprint density at radius 1 is 0.667 bits per heavy atom. The molecule has 0 spiro atoms. The van der Waals surface area contributed by atoms with Crippen molar-refractivity contribution in [2.24, 2.45) is 0 Å². The van der Waals surface area contributed by atoms with Crippen LogP contribution in [0.1, 0.15) is 187 Å². The van der Waals surface area contributed by atoms with E-state index in [2.05, 4.69) is 47.7 Å². The summed E-state index contributed by atoms with van der Waals surface area (Å²) in [5, 5.41) is 55.2. The molecule has 8 atom stereocenters. The van der Waals surface area contributed by atoms with E-state index in [-0.39, 0.29) is 6.42 Å². The zero-order chi connectivity index (χ0) is 44.3. The van der Waals surface area contributed by atoms with Gasteiger partial charge in [-0.05, 0) is 44.9 Å². The molecule has 1 aliphatic rings. The Morgan fingerprint density at radius 2 is 1.12 bits per heavy atom. The fourth-order valence-electron chi connectivity index (χ4n) is 7.26. The third-order valence-electron chi connectivity index (χ3n) is 11.0. The van der Waals surface area contributed by atoms with Crippen LogP contribution in [-0.4, -0.2) is 107 Å². The highest BCUT2D eigenvalue weighted by Gasteiger charge is 2.48. The van der Waals surface area contributed by atoms with Crippen LogP contribution in [0.25, 0.3) is 0 Å². The highest BCUT2D eigenvalue weighted by Crippen LogP contribution is 2.26. The number of hydrogen-bond donors (Lipinski definition) is 7. The van der Waals surface area contributed by atoms with Crippen molar-refractivity contribution in [2.75, 3.05) is 13.2 Å². The maximum atomic E-state index is 13.1. The molecule has 352 valence electrons. The van der Waals surface area contributed by atoms with E-state index in [1.165, 1.54) is 115 Å². The Balaban J connectivity index is 2.62. The van der Waals surface area contributed by atoms with Gasteiger partial charge in [-0.15, -0.1) is 0 Å². The quantitative estimate of drug-likeness (QED) is 0.0178. The molecule has 0 aromatic rings. The van der Waals surface area contributed by atoms with Crippen LogP contribution in [0, 0.1) is 0 Å². The van der Waals surface area contributed by atoms with E-state index < -0.39 is 78.5 Å². The molecule has 0 aromatic carbocycles. The summed E-state index contributed by atoms with van der Waals surface area (Å²) in [4.78, 5) is 13.1. The minimum Gasteiger partial charge on any atom is -0.394 e. The normalized spacial score (nSPS) is 21.6. The molecule has 0 aliphatic carbocycles. The Kier molecular flexibility index (Phi) is 34.5. The summed E-state index contributed by atoms with van der Waals surface area (Å²) in [6.45, 7) is 3.18. The first-order valence-corrected chi connectivity index (χ1v) is 24.8. The SMILES string of the molecule is CCCCCCCC/C=C/CC/C=C/CC/C=C/C(O)C(COC1OC(CO)C(O)C(OS(=O)(=O)O)C1O)NC(=O)C(O)CCCCCCCCCCCCCCCCC. The zero-order valence-corrected chi connectivity index (χ0v) is 37.9. The van der Waals surface area contributed by atoms with Crippen molar-refractivity contribution in [1.82, 2.24) is 5.32 Å². The fraction of sp³-hybridized carbons (Fsp3) is 0.848. The van der Waals surface area contributed by atoms with E-state index >= 15 is 0 Å². The lowest BCUT2D eigenvalue weighted by atomic mass is 9.99. The number of hydrogen-bond acceptors (Lipinski definition) is 11. The maximum Gasteiger partial charge on any atom is 0.397 e. The van der Waals surface area contributed by atoms with Gasteiger partial charge >= 0.3 is 10.4 Å². The molecule has 7 N–H and O–H groups in total. The first-order chi connectivity index (χ1) is 28.9. The molecule has 1 fully saturated rings. The van der Waals surface area contributed by atoms with Gasteiger partial charge in [0.2, 0.25) is 5.91 Å². The third-order valence-corrected chi connectivity index (χ3v) is 11.5. The van der Waals surface area contributed by atoms with Gasteiger partial charge in [-0.25, -0.2) is 4.18 Å². The molecule has 1 saturated heterocycles. The average Bonchev–Trinajstić information content (AvgIpc) is 3.22. The first-order valence-electron chi connectivity index (χ1n) is 23.5. The molecule has 0 radical (unpaired) electrons. The summed E-state index contributed by atoms with van der Waals surface area (Å²) in [5.41, 5.74) is 0. The predicted octanol–water partition coefficient (Wildman–Crippen LogP) is 8.08. The topological polar surface area (TPSA) is 212 Å². The van der Waals surface area contributed by atoms with E-state index in [0.717, 1.165) is 44.9 Å². The summed E-state index contributed by atoms with van der Waals surface area (Å²) in [5.74, 6) is -0.716. The molecule has 60 heavy (non-hydrogen) atoms. The number of nitrogens with one attached hydrogen (secondary N) is 1. The van der Waals surface area contributed by atoms with Crippen LogP contribution in [0.2, 0.25) is 0 Å². The number of unbranched alkanes of at least 4 members (excludes halogenated alkanes) is 22. The standard InChI is InChI=1S/C46H85NO12S/c1-3-5-7-9-11-13-15-17-19-21-22-24-26-28-30-32-34-39(49)38(37-57-46-43(52)44(59-60(54,55)56)42(51)41(36-48)58-46)47-45(53)40(50)35-33-31-29-27-25-23-20-18-16-14-12-10-8-6-4-2/h17,19,24,26,32,34,38-44,46,48-52H,3-16,18,20-23,25,27-31,33,35-37H2,1-2H3,(H,47,53)(H,54,55,56)/b19-17+,26-24+,34-32+. The molecule has 0 saturated carbocycles. The fourth-order valence-corrected chi connectivity index (χ4v) is 7.77. The molecule has 13 nitrogen and oxygen atoms in total. The Labute approximate surface area is 363 Å². The van der Waals surface area contributed by atoms with E-state index in [0.29, 0.717) is 12.8 Å². The monoisotopic (exact) mass is 876 g/mol. The second-order valence-corrected chi connectivity index (χ2v) is 17.5. The van der Waals surface area contributed by atoms with Gasteiger partial charge in [0.15, 0.2) is 6.29 Å². The van der Waals surface area contributed by atoms with Gasteiger partial charge in [-0.2, -0.15) is 8.42 Å². The molecular weight excluding hydrogens is 791 g/mol. The summed E-state index contributed by atoms with van der Waals surface area (Å²) >= 11 is 0. The summed E-state index contributed by atoms with van der Waals surface area (Å²) in [6.07, 6.45) is 30.8. The molecule has 1 heterocycles. The lowest BCUT2D eigenvalue weighted by molar-refractivity contribution is -0.298. The molecule has 0 bridgehead atoms. The summed E-state index contributed by atoms with van der Waals surface area (Å²) in [7, 11) is -5.12. The van der Waals surface area contributed by atoms with Crippen molar-refractivity contribution in [3.8, 4) is 0 Å². The summed E-state index contributed by atoms with van der Waals surface area (Å²) < 4.78 is 47.5. The highest BCUT2D eigenvalue weighted by atomic mass is 32.3. The Hall–Kier alpha value is -1.72. The minimum absolute atomic E-state index is 0.236. The van der Waals surface area contributed by atoms with Crippen LogP contribution in [0.3, 0.4) is 0 Å². The Bertz CT molecular complexity index is 1230. The van der Waals surface area contributed by atoms with E-state index in [1.807, 2.05) is 0 Å². The van der Waals surface area contributed by atoms with Gasteiger partial charge in [0.05, 0.1) is 25.4 Å². The van der Waals surface area contributed by atoms with Gasteiger partial charge < -0.3 is 40.3 Å². The van der Waals surface area contributed by atoms with E-state index in [4.69, 9.17) is 9.47 Å². The van der Waals surface area contributed by atoms with Crippen molar-refractivity contribution >= 4 is 16.3 Å². The van der Waals surface area contributed by atoms with Gasteiger partial charge in [-0.3, -0.25) is 9.35 Å². The minimum atomic E-state index is -5.12. The molecule has 0 aromatic heterocycles. The molecular formula is C46H85NO12S.